The van der Waals surface area contributed by atoms with E-state index in [0.717, 1.165) is 35.5 Å². The van der Waals surface area contributed by atoms with E-state index in [1.54, 1.807) is 18.0 Å². The molecule has 158 valence electrons. The number of aromatic nitrogens is 2. The van der Waals surface area contributed by atoms with Crippen LogP contribution in [0.1, 0.15) is 36.4 Å². The number of nitrogens with zero attached hydrogens (tertiary/aromatic N) is 4. The normalized spacial score (nSPS) is 14.0. The molecule has 1 aliphatic heterocycles. The Balaban J connectivity index is 1.87. The van der Waals surface area contributed by atoms with Crippen LogP contribution in [0.2, 0.25) is 0 Å². The first-order valence-corrected chi connectivity index (χ1v) is 11.9. The molecule has 1 aromatic carbocycles. The number of anilines is 1. The Morgan fingerprint density at radius 1 is 1.31 bits per heavy atom. The number of aryl methyl sites for hydroxylation is 2. The minimum atomic E-state index is -3.71. The molecule has 1 aromatic heterocycles. The molecule has 0 bridgehead atoms. The number of amides is 1. The quantitative estimate of drug-likeness (QED) is 0.633. The Hall–Kier alpha value is -1.71. The molecular weight excluding hydrogens is 456 g/mol. The van der Waals surface area contributed by atoms with Crippen LogP contribution >= 0.6 is 15.9 Å². The lowest BCUT2D eigenvalue weighted by Crippen LogP contribution is -2.30. The van der Waals surface area contributed by atoms with Crippen LogP contribution in [0.15, 0.2) is 21.5 Å². The van der Waals surface area contributed by atoms with Crippen LogP contribution in [-0.4, -0.2) is 48.5 Å². The summed E-state index contributed by atoms with van der Waals surface area (Å²) in [5.41, 5.74) is 4.76. The van der Waals surface area contributed by atoms with Gasteiger partial charge in [0.1, 0.15) is 0 Å². The highest BCUT2D eigenvalue weighted by atomic mass is 79.9. The van der Waals surface area contributed by atoms with E-state index in [4.69, 9.17) is 0 Å². The van der Waals surface area contributed by atoms with Gasteiger partial charge in [-0.1, -0.05) is 0 Å². The molecule has 0 unspecified atom stereocenters. The van der Waals surface area contributed by atoms with E-state index in [9.17, 15) is 13.2 Å². The summed E-state index contributed by atoms with van der Waals surface area (Å²) < 4.78 is 30.3. The largest absolute Gasteiger partial charge is 0.312 e. The summed E-state index contributed by atoms with van der Waals surface area (Å²) >= 11 is 3.42. The second-order valence-electron chi connectivity index (χ2n) is 7.37. The Kier molecular flexibility index (Phi) is 6.21. The average molecular weight is 483 g/mol. The number of benzene rings is 1. The van der Waals surface area contributed by atoms with Crippen molar-refractivity contribution in [2.24, 2.45) is 0 Å². The van der Waals surface area contributed by atoms with Gasteiger partial charge in [-0.25, -0.2) is 12.7 Å². The number of hydrogen-bond acceptors (Lipinski definition) is 4. The smallest absolute Gasteiger partial charge is 0.244 e. The standard InChI is InChI=1S/C20H27BrN4O3S/c1-6-25-14(3)17(13(2)22-25)8-9-23(5)29(27,28)20-12-19-16(11-18(20)21)7-10-24(19)15(4)26/h11-12H,6-10H2,1-5H3. The highest BCUT2D eigenvalue weighted by Crippen LogP contribution is 2.36. The number of fused-ring (bicyclic) bond motifs is 1. The van der Waals surface area contributed by atoms with E-state index in [2.05, 4.69) is 21.0 Å². The molecule has 29 heavy (non-hydrogen) atoms. The molecule has 9 heteroatoms. The molecule has 1 amide bonds. The predicted molar refractivity (Wildman–Crippen MR) is 117 cm³/mol. The Labute approximate surface area is 180 Å². The van der Waals surface area contributed by atoms with Gasteiger partial charge in [0.2, 0.25) is 15.9 Å². The lowest BCUT2D eigenvalue weighted by atomic mass is 10.1. The Bertz CT molecular complexity index is 1060. The summed E-state index contributed by atoms with van der Waals surface area (Å²) in [4.78, 5) is 13.7. The molecule has 1 aliphatic rings. The number of hydrogen-bond donors (Lipinski definition) is 0. The maximum atomic E-state index is 13.3. The molecule has 0 saturated carbocycles. The maximum absolute atomic E-state index is 13.3. The molecule has 7 nitrogen and oxygen atoms in total. The molecule has 3 rings (SSSR count). The lowest BCUT2D eigenvalue weighted by molar-refractivity contribution is -0.116. The molecule has 0 N–H and O–H groups in total. The molecule has 2 heterocycles. The highest BCUT2D eigenvalue weighted by molar-refractivity contribution is 9.10. The van der Waals surface area contributed by atoms with Crippen molar-refractivity contribution in [2.45, 2.75) is 52.0 Å². The third-order valence-electron chi connectivity index (χ3n) is 5.60. The van der Waals surface area contributed by atoms with Crippen LogP contribution in [-0.2, 0) is 34.2 Å². The van der Waals surface area contributed by atoms with E-state index < -0.39 is 10.0 Å². The van der Waals surface area contributed by atoms with E-state index in [1.807, 2.05) is 31.5 Å². The molecular formula is C20H27BrN4O3S. The van der Waals surface area contributed by atoms with E-state index in [1.165, 1.54) is 11.2 Å². The van der Waals surface area contributed by atoms with Gasteiger partial charge >= 0.3 is 0 Å². The maximum Gasteiger partial charge on any atom is 0.244 e. The van der Waals surface area contributed by atoms with Crippen molar-refractivity contribution in [3.8, 4) is 0 Å². The number of likely N-dealkylation sites (N-methyl/N-ethyl adjacent to an activating group) is 1. The molecule has 0 saturated heterocycles. The van der Waals surface area contributed by atoms with Gasteiger partial charge in [-0.3, -0.25) is 9.48 Å². The number of sulfonamides is 1. The zero-order chi connectivity index (χ0) is 21.5. The fourth-order valence-electron chi connectivity index (χ4n) is 3.87. The van der Waals surface area contributed by atoms with Gasteiger partial charge in [0.05, 0.1) is 10.6 Å². The first-order chi connectivity index (χ1) is 13.6. The number of halogens is 1. The number of carbonyl (C=O) groups excluding carboxylic acids is 1. The van der Waals surface area contributed by atoms with Gasteiger partial charge in [-0.15, -0.1) is 0 Å². The predicted octanol–water partition coefficient (Wildman–Crippen LogP) is 3.05. The summed E-state index contributed by atoms with van der Waals surface area (Å²) in [7, 11) is -2.12. The minimum absolute atomic E-state index is 0.0818. The topological polar surface area (TPSA) is 75.5 Å². The van der Waals surface area contributed by atoms with Crippen LogP contribution in [0.3, 0.4) is 0 Å². The van der Waals surface area contributed by atoms with Gasteiger partial charge in [-0.05, 0) is 72.8 Å². The highest BCUT2D eigenvalue weighted by Gasteiger charge is 2.29. The van der Waals surface area contributed by atoms with Crippen LogP contribution in [0.4, 0.5) is 5.69 Å². The molecule has 2 aromatic rings. The second kappa shape index (κ2) is 8.20. The van der Waals surface area contributed by atoms with E-state index >= 15 is 0 Å². The monoisotopic (exact) mass is 482 g/mol. The Morgan fingerprint density at radius 2 is 2.00 bits per heavy atom. The summed E-state index contributed by atoms with van der Waals surface area (Å²) in [6.07, 6.45) is 1.32. The zero-order valence-electron chi connectivity index (χ0n) is 17.5. The van der Waals surface area contributed by atoms with Crippen molar-refractivity contribution in [1.82, 2.24) is 14.1 Å². The fraction of sp³-hybridized carbons (Fsp3) is 0.500. The van der Waals surface area contributed by atoms with E-state index in [0.29, 0.717) is 29.7 Å². The molecule has 0 radical (unpaired) electrons. The lowest BCUT2D eigenvalue weighted by Gasteiger charge is -2.21. The summed E-state index contributed by atoms with van der Waals surface area (Å²) in [5.74, 6) is -0.0818. The molecule has 0 spiro atoms. The summed E-state index contributed by atoms with van der Waals surface area (Å²) in [6.45, 7) is 9.22. The van der Waals surface area contributed by atoms with Crippen LogP contribution in [0.25, 0.3) is 0 Å². The van der Waals surface area contributed by atoms with Crippen LogP contribution in [0, 0.1) is 13.8 Å². The van der Waals surface area contributed by atoms with Crippen molar-refractivity contribution < 1.29 is 13.2 Å². The van der Waals surface area contributed by atoms with Crippen molar-refractivity contribution in [3.63, 3.8) is 0 Å². The first kappa shape index (κ1) is 22.0. The van der Waals surface area contributed by atoms with Crippen molar-refractivity contribution in [3.05, 3.63) is 39.1 Å². The fourth-order valence-corrected chi connectivity index (χ4v) is 6.11. The van der Waals surface area contributed by atoms with Gasteiger partial charge in [0.15, 0.2) is 0 Å². The van der Waals surface area contributed by atoms with Gasteiger partial charge in [0, 0.05) is 49.5 Å². The minimum Gasteiger partial charge on any atom is -0.312 e. The number of carbonyl (C=O) groups is 1. The Morgan fingerprint density at radius 3 is 2.59 bits per heavy atom. The van der Waals surface area contributed by atoms with E-state index in [-0.39, 0.29) is 10.8 Å². The number of rotatable bonds is 6. The third kappa shape index (κ3) is 4.00. The third-order valence-corrected chi connectivity index (χ3v) is 8.42. The van der Waals surface area contributed by atoms with Crippen molar-refractivity contribution in [2.75, 3.05) is 25.0 Å². The molecule has 0 fully saturated rings. The summed E-state index contributed by atoms with van der Waals surface area (Å²) in [5, 5.41) is 4.51. The van der Waals surface area contributed by atoms with Gasteiger partial charge in [0.25, 0.3) is 0 Å². The van der Waals surface area contributed by atoms with Crippen molar-refractivity contribution >= 4 is 37.5 Å². The second-order valence-corrected chi connectivity index (χ2v) is 10.2. The first-order valence-electron chi connectivity index (χ1n) is 9.67. The van der Waals surface area contributed by atoms with Crippen molar-refractivity contribution in [1.29, 1.82) is 0 Å². The van der Waals surface area contributed by atoms with Gasteiger partial charge < -0.3 is 4.90 Å². The average Bonchev–Trinajstić information content (AvgIpc) is 3.19. The molecule has 0 atom stereocenters. The van der Waals surface area contributed by atoms with Crippen LogP contribution < -0.4 is 4.90 Å². The zero-order valence-corrected chi connectivity index (χ0v) is 19.9. The summed E-state index contributed by atoms with van der Waals surface area (Å²) in [6, 6.07) is 3.43. The van der Waals surface area contributed by atoms with Gasteiger partial charge in [-0.2, -0.15) is 5.10 Å². The van der Waals surface area contributed by atoms with Crippen LogP contribution in [0.5, 0.6) is 0 Å². The SMILES string of the molecule is CCn1nc(C)c(CCN(C)S(=O)(=O)c2cc3c(cc2Br)CCN3C(C)=O)c1C. The molecule has 0 aliphatic carbocycles.